The summed E-state index contributed by atoms with van der Waals surface area (Å²) in [4.78, 5) is 4.15. The summed E-state index contributed by atoms with van der Waals surface area (Å²) in [6.45, 7) is 0. The number of benzene rings is 2. The topological polar surface area (TPSA) is 33.1 Å². The normalized spacial score (nSPS) is 8.80. The van der Waals surface area contributed by atoms with E-state index in [1.165, 1.54) is 0 Å². The van der Waals surface area contributed by atoms with Gasteiger partial charge in [-0.3, -0.25) is 4.98 Å². The number of hydrogen-bond donors (Lipinski definition) is 1. The Morgan fingerprint density at radius 3 is 2.00 bits per heavy atom. The molecule has 0 radical (unpaired) electrons. The number of aromatic nitrogens is 1. The SMILES string of the molecule is Oc1ccccc1-c1ccccn1.[Li+].[c-]1ccccc1. The predicted molar refractivity (Wildman–Crippen MR) is 76.6 cm³/mol. The van der Waals surface area contributed by atoms with E-state index < -0.39 is 0 Å². The fourth-order valence-electron chi connectivity index (χ4n) is 1.55. The van der Waals surface area contributed by atoms with Gasteiger partial charge in [0.15, 0.2) is 0 Å². The average molecular weight is 255 g/mol. The van der Waals surface area contributed by atoms with E-state index in [4.69, 9.17) is 0 Å². The second-order valence-corrected chi connectivity index (χ2v) is 3.81. The summed E-state index contributed by atoms with van der Waals surface area (Å²) in [5.41, 5.74) is 1.56. The van der Waals surface area contributed by atoms with E-state index in [0.29, 0.717) is 0 Å². The van der Waals surface area contributed by atoms with E-state index in [1.807, 2.05) is 60.7 Å². The molecule has 0 saturated carbocycles. The Hall–Kier alpha value is -2.01. The van der Waals surface area contributed by atoms with Gasteiger partial charge in [-0.1, -0.05) is 18.2 Å². The maximum atomic E-state index is 9.52. The van der Waals surface area contributed by atoms with Crippen LogP contribution < -0.4 is 18.9 Å². The van der Waals surface area contributed by atoms with Crippen molar-refractivity contribution in [3.05, 3.63) is 85.1 Å². The molecule has 0 bridgehead atoms. The first-order valence-electron chi connectivity index (χ1n) is 5.98. The molecule has 2 nitrogen and oxygen atoms in total. The Kier molecular flexibility index (Phi) is 7.20. The summed E-state index contributed by atoms with van der Waals surface area (Å²) in [6.07, 6.45) is 1.71. The molecule has 3 heteroatoms. The predicted octanol–water partition coefficient (Wildman–Crippen LogP) is 0.945. The summed E-state index contributed by atoms with van der Waals surface area (Å²) < 4.78 is 0. The van der Waals surface area contributed by atoms with Crippen molar-refractivity contribution in [3.63, 3.8) is 0 Å². The zero-order chi connectivity index (χ0) is 13.3. The monoisotopic (exact) mass is 255 g/mol. The van der Waals surface area contributed by atoms with Gasteiger partial charge in [-0.25, -0.2) is 0 Å². The molecule has 3 rings (SSSR count). The summed E-state index contributed by atoms with van der Waals surface area (Å²) in [5, 5.41) is 9.52. The average Bonchev–Trinajstić information content (AvgIpc) is 2.51. The summed E-state index contributed by atoms with van der Waals surface area (Å²) in [6, 6.07) is 25.3. The van der Waals surface area contributed by atoms with Crippen LogP contribution in [0, 0.1) is 6.07 Å². The maximum absolute atomic E-state index is 9.52. The molecule has 0 atom stereocenters. The molecule has 1 heterocycles. The molecular formula is C17H14LiNO. The van der Waals surface area contributed by atoms with Crippen LogP contribution in [-0.4, -0.2) is 10.1 Å². The van der Waals surface area contributed by atoms with E-state index in [0.717, 1.165) is 11.3 Å². The number of aromatic hydroxyl groups is 1. The number of nitrogens with zero attached hydrogens (tertiary/aromatic N) is 1. The molecule has 2 aromatic carbocycles. The first-order chi connectivity index (χ1) is 9.38. The second kappa shape index (κ2) is 8.98. The Bertz CT molecular complexity index is 573. The Balaban J connectivity index is 0.000000243. The zero-order valence-electron chi connectivity index (χ0n) is 11.4. The standard InChI is InChI=1S/C11H9NO.C6H5.Li/c13-11-7-2-1-5-9(11)10-6-3-4-8-12-10;1-2-4-6-5-3-1;/h1-8,13H;1-5H;/q;-1;+1. The van der Waals surface area contributed by atoms with Gasteiger partial charge < -0.3 is 5.11 Å². The van der Waals surface area contributed by atoms with Crippen molar-refractivity contribution >= 4 is 0 Å². The van der Waals surface area contributed by atoms with E-state index in [-0.39, 0.29) is 24.6 Å². The smallest absolute Gasteiger partial charge is 0.507 e. The van der Waals surface area contributed by atoms with Crippen LogP contribution in [0.2, 0.25) is 0 Å². The van der Waals surface area contributed by atoms with Crippen molar-refractivity contribution in [2.24, 2.45) is 0 Å². The van der Waals surface area contributed by atoms with Gasteiger partial charge in [0, 0.05) is 11.8 Å². The van der Waals surface area contributed by atoms with Gasteiger partial charge >= 0.3 is 18.9 Å². The van der Waals surface area contributed by atoms with Crippen molar-refractivity contribution in [1.82, 2.24) is 4.98 Å². The van der Waals surface area contributed by atoms with Crippen LogP contribution in [0.15, 0.2) is 79.0 Å². The molecule has 0 aliphatic rings. The summed E-state index contributed by atoms with van der Waals surface area (Å²) in [7, 11) is 0. The maximum Gasteiger partial charge on any atom is 1.00 e. The minimum atomic E-state index is 0. The Morgan fingerprint density at radius 1 is 0.800 bits per heavy atom. The molecular weight excluding hydrogens is 241 g/mol. The summed E-state index contributed by atoms with van der Waals surface area (Å²) in [5.74, 6) is 0.265. The third-order valence-electron chi connectivity index (χ3n) is 2.45. The van der Waals surface area contributed by atoms with E-state index in [1.54, 1.807) is 18.3 Å². The first kappa shape index (κ1) is 16.0. The minimum Gasteiger partial charge on any atom is -0.507 e. The minimum absolute atomic E-state index is 0. The fraction of sp³-hybridized carbons (Fsp3) is 0. The van der Waals surface area contributed by atoms with Crippen molar-refractivity contribution in [3.8, 4) is 17.0 Å². The number of rotatable bonds is 1. The van der Waals surface area contributed by atoms with Crippen LogP contribution in [-0.2, 0) is 0 Å². The molecule has 0 aliphatic carbocycles. The van der Waals surface area contributed by atoms with E-state index >= 15 is 0 Å². The van der Waals surface area contributed by atoms with Gasteiger partial charge in [-0.05, 0) is 24.3 Å². The number of phenols is 1. The Morgan fingerprint density at radius 2 is 1.50 bits per heavy atom. The largest absolute Gasteiger partial charge is 1.00 e. The van der Waals surface area contributed by atoms with Crippen LogP contribution in [0.25, 0.3) is 11.3 Å². The molecule has 0 amide bonds. The third kappa shape index (κ3) is 4.93. The van der Waals surface area contributed by atoms with Crippen LogP contribution in [0.1, 0.15) is 0 Å². The van der Waals surface area contributed by atoms with Gasteiger partial charge in [-0.2, -0.15) is 36.4 Å². The van der Waals surface area contributed by atoms with Crippen LogP contribution in [0.3, 0.4) is 0 Å². The number of hydrogen-bond acceptors (Lipinski definition) is 2. The molecule has 0 aliphatic heterocycles. The first-order valence-corrected chi connectivity index (χ1v) is 5.98. The van der Waals surface area contributed by atoms with Gasteiger partial charge in [0.05, 0.1) is 5.69 Å². The van der Waals surface area contributed by atoms with E-state index in [9.17, 15) is 5.11 Å². The molecule has 3 aromatic rings. The van der Waals surface area contributed by atoms with Crippen molar-refractivity contribution in [2.75, 3.05) is 0 Å². The van der Waals surface area contributed by atoms with Gasteiger partial charge in [0.2, 0.25) is 0 Å². The molecule has 0 spiro atoms. The molecule has 0 unspecified atom stereocenters. The quantitative estimate of drug-likeness (QED) is 0.518. The third-order valence-corrected chi connectivity index (χ3v) is 2.45. The van der Waals surface area contributed by atoms with Gasteiger partial charge in [0.1, 0.15) is 5.75 Å². The number of phenolic OH excluding ortho intramolecular Hbond substituents is 1. The van der Waals surface area contributed by atoms with Gasteiger partial charge in [0.25, 0.3) is 0 Å². The molecule has 94 valence electrons. The number of para-hydroxylation sites is 1. The molecule has 1 aromatic heterocycles. The van der Waals surface area contributed by atoms with Crippen LogP contribution in [0.4, 0.5) is 0 Å². The molecule has 0 saturated heterocycles. The molecule has 0 fully saturated rings. The molecule has 1 N–H and O–H groups in total. The van der Waals surface area contributed by atoms with E-state index in [2.05, 4.69) is 11.1 Å². The van der Waals surface area contributed by atoms with Gasteiger partial charge in [-0.15, -0.1) is 0 Å². The van der Waals surface area contributed by atoms with Crippen LogP contribution in [0.5, 0.6) is 5.75 Å². The zero-order valence-corrected chi connectivity index (χ0v) is 11.4. The summed E-state index contributed by atoms with van der Waals surface area (Å²) >= 11 is 0. The van der Waals surface area contributed by atoms with Crippen LogP contribution >= 0.6 is 0 Å². The van der Waals surface area contributed by atoms with Crippen molar-refractivity contribution < 1.29 is 24.0 Å². The fourth-order valence-corrected chi connectivity index (χ4v) is 1.55. The molecule has 20 heavy (non-hydrogen) atoms. The second-order valence-electron chi connectivity index (χ2n) is 3.81. The van der Waals surface area contributed by atoms with Crippen molar-refractivity contribution in [1.29, 1.82) is 0 Å². The van der Waals surface area contributed by atoms with Crippen molar-refractivity contribution in [2.45, 2.75) is 0 Å². The Labute approximate surface area is 131 Å². The number of pyridine rings is 1.